The second-order valence-corrected chi connectivity index (χ2v) is 4.83. The SMILES string of the molecule is O=C(CCNCC(O)c1ccccc1F)NC1CC1. The number of carbonyl (C=O) groups excluding carboxylic acids is 1. The summed E-state index contributed by atoms with van der Waals surface area (Å²) in [5, 5.41) is 15.7. The van der Waals surface area contributed by atoms with Crippen LogP contribution in [0.1, 0.15) is 30.9 Å². The number of halogens is 1. The van der Waals surface area contributed by atoms with Crippen molar-refractivity contribution in [2.45, 2.75) is 31.4 Å². The van der Waals surface area contributed by atoms with E-state index in [-0.39, 0.29) is 18.0 Å². The molecule has 0 spiro atoms. The number of nitrogens with one attached hydrogen (secondary N) is 2. The van der Waals surface area contributed by atoms with Gasteiger partial charge in [-0.15, -0.1) is 0 Å². The molecule has 1 atom stereocenters. The van der Waals surface area contributed by atoms with E-state index in [4.69, 9.17) is 0 Å². The van der Waals surface area contributed by atoms with E-state index in [1.807, 2.05) is 0 Å². The zero-order valence-corrected chi connectivity index (χ0v) is 10.7. The van der Waals surface area contributed by atoms with Crippen molar-refractivity contribution >= 4 is 5.91 Å². The van der Waals surface area contributed by atoms with Crippen LogP contribution in [-0.4, -0.2) is 30.1 Å². The Hall–Kier alpha value is -1.46. The Balaban J connectivity index is 1.64. The second-order valence-electron chi connectivity index (χ2n) is 4.83. The normalized spacial score (nSPS) is 16.1. The summed E-state index contributed by atoms with van der Waals surface area (Å²) in [4.78, 5) is 11.4. The first kappa shape index (κ1) is 14.0. The molecule has 2 rings (SSSR count). The van der Waals surface area contributed by atoms with Crippen LogP contribution in [0, 0.1) is 5.82 Å². The molecule has 0 saturated heterocycles. The average Bonchev–Trinajstić information content (AvgIpc) is 3.19. The van der Waals surface area contributed by atoms with Crippen LogP contribution in [0.2, 0.25) is 0 Å². The molecule has 1 aliphatic carbocycles. The molecule has 0 bridgehead atoms. The van der Waals surface area contributed by atoms with Crippen LogP contribution in [0.5, 0.6) is 0 Å². The van der Waals surface area contributed by atoms with Crippen LogP contribution in [0.25, 0.3) is 0 Å². The Labute approximate surface area is 112 Å². The first-order valence-corrected chi connectivity index (χ1v) is 6.59. The monoisotopic (exact) mass is 266 g/mol. The number of hydrogen-bond donors (Lipinski definition) is 3. The number of carbonyl (C=O) groups is 1. The van der Waals surface area contributed by atoms with Crippen molar-refractivity contribution in [1.29, 1.82) is 0 Å². The number of benzene rings is 1. The fourth-order valence-electron chi connectivity index (χ4n) is 1.82. The molecule has 0 radical (unpaired) electrons. The van der Waals surface area contributed by atoms with Gasteiger partial charge in [-0.1, -0.05) is 18.2 Å². The molecule has 1 aromatic carbocycles. The highest BCUT2D eigenvalue weighted by Crippen LogP contribution is 2.18. The molecule has 104 valence electrons. The van der Waals surface area contributed by atoms with Crippen LogP contribution in [-0.2, 0) is 4.79 Å². The molecule has 5 heteroatoms. The molecular weight excluding hydrogens is 247 g/mol. The first-order chi connectivity index (χ1) is 9.16. The van der Waals surface area contributed by atoms with Gasteiger partial charge in [0.2, 0.25) is 5.91 Å². The molecule has 3 N–H and O–H groups in total. The minimum absolute atomic E-state index is 0.0235. The fraction of sp³-hybridized carbons (Fsp3) is 0.500. The molecular formula is C14H19FN2O2. The Kier molecular flexibility index (Phi) is 4.87. The predicted octanol–water partition coefficient (Wildman–Crippen LogP) is 1.12. The zero-order valence-electron chi connectivity index (χ0n) is 10.7. The van der Waals surface area contributed by atoms with E-state index < -0.39 is 11.9 Å². The maximum absolute atomic E-state index is 13.4. The molecule has 0 aliphatic heterocycles. The summed E-state index contributed by atoms with van der Waals surface area (Å²) < 4.78 is 13.4. The van der Waals surface area contributed by atoms with Gasteiger partial charge in [-0.05, 0) is 18.9 Å². The highest BCUT2D eigenvalue weighted by Gasteiger charge is 2.22. The highest BCUT2D eigenvalue weighted by atomic mass is 19.1. The summed E-state index contributed by atoms with van der Waals surface area (Å²) in [6.07, 6.45) is 1.63. The van der Waals surface area contributed by atoms with E-state index in [0.29, 0.717) is 19.0 Å². The van der Waals surface area contributed by atoms with Gasteiger partial charge in [0.25, 0.3) is 0 Å². The number of aliphatic hydroxyl groups excluding tert-OH is 1. The highest BCUT2D eigenvalue weighted by molar-refractivity contribution is 5.76. The van der Waals surface area contributed by atoms with Crippen LogP contribution >= 0.6 is 0 Å². The van der Waals surface area contributed by atoms with Crippen molar-refractivity contribution in [2.24, 2.45) is 0 Å². The Morgan fingerprint density at radius 1 is 1.42 bits per heavy atom. The van der Waals surface area contributed by atoms with Gasteiger partial charge in [0, 0.05) is 31.1 Å². The van der Waals surface area contributed by atoms with Crippen molar-refractivity contribution in [2.75, 3.05) is 13.1 Å². The minimum atomic E-state index is -0.896. The Bertz CT molecular complexity index is 435. The topological polar surface area (TPSA) is 61.4 Å². The quantitative estimate of drug-likeness (QED) is 0.648. The molecule has 1 saturated carbocycles. The molecule has 0 heterocycles. The smallest absolute Gasteiger partial charge is 0.221 e. The number of hydrogen-bond acceptors (Lipinski definition) is 3. The van der Waals surface area contributed by atoms with Crippen LogP contribution in [0.3, 0.4) is 0 Å². The van der Waals surface area contributed by atoms with Gasteiger partial charge in [-0.3, -0.25) is 4.79 Å². The maximum atomic E-state index is 13.4. The van der Waals surface area contributed by atoms with Crippen molar-refractivity contribution in [3.63, 3.8) is 0 Å². The third kappa shape index (κ3) is 4.61. The maximum Gasteiger partial charge on any atom is 0.221 e. The summed E-state index contributed by atoms with van der Waals surface area (Å²) in [6.45, 7) is 0.710. The van der Waals surface area contributed by atoms with Gasteiger partial charge in [0.1, 0.15) is 5.82 Å². The van der Waals surface area contributed by atoms with E-state index in [1.165, 1.54) is 6.07 Å². The summed E-state index contributed by atoms with van der Waals surface area (Å²) in [5.74, 6) is -0.390. The molecule has 1 fully saturated rings. The molecule has 4 nitrogen and oxygen atoms in total. The van der Waals surface area contributed by atoms with E-state index >= 15 is 0 Å². The molecule has 0 aromatic heterocycles. The lowest BCUT2D eigenvalue weighted by molar-refractivity contribution is -0.121. The van der Waals surface area contributed by atoms with E-state index in [9.17, 15) is 14.3 Å². The number of aliphatic hydroxyl groups is 1. The Morgan fingerprint density at radius 2 is 2.16 bits per heavy atom. The summed E-state index contributed by atoms with van der Waals surface area (Å²) in [7, 11) is 0. The van der Waals surface area contributed by atoms with E-state index in [1.54, 1.807) is 18.2 Å². The lowest BCUT2D eigenvalue weighted by Gasteiger charge is -2.12. The predicted molar refractivity (Wildman–Crippen MR) is 70.0 cm³/mol. The fourth-order valence-corrected chi connectivity index (χ4v) is 1.82. The van der Waals surface area contributed by atoms with Crippen molar-refractivity contribution in [1.82, 2.24) is 10.6 Å². The number of amides is 1. The standard InChI is InChI=1S/C14H19FN2O2/c15-12-4-2-1-3-11(12)13(18)9-16-8-7-14(19)17-10-5-6-10/h1-4,10,13,16,18H,5-9H2,(H,17,19). The molecule has 19 heavy (non-hydrogen) atoms. The third-order valence-electron chi connectivity index (χ3n) is 3.07. The van der Waals surface area contributed by atoms with Crippen LogP contribution < -0.4 is 10.6 Å². The summed E-state index contributed by atoms with van der Waals surface area (Å²) in [5.41, 5.74) is 0.275. The number of rotatable bonds is 7. The Morgan fingerprint density at radius 3 is 2.84 bits per heavy atom. The summed E-state index contributed by atoms with van der Waals surface area (Å²) >= 11 is 0. The second kappa shape index (κ2) is 6.63. The first-order valence-electron chi connectivity index (χ1n) is 6.59. The third-order valence-corrected chi connectivity index (χ3v) is 3.07. The zero-order chi connectivity index (χ0) is 13.7. The lowest BCUT2D eigenvalue weighted by atomic mass is 10.1. The lowest BCUT2D eigenvalue weighted by Crippen LogP contribution is -2.30. The van der Waals surface area contributed by atoms with Crippen molar-refractivity contribution in [3.8, 4) is 0 Å². The molecule has 1 amide bonds. The largest absolute Gasteiger partial charge is 0.387 e. The average molecular weight is 266 g/mol. The van der Waals surface area contributed by atoms with Gasteiger partial charge in [-0.25, -0.2) is 4.39 Å². The van der Waals surface area contributed by atoms with Crippen molar-refractivity contribution in [3.05, 3.63) is 35.6 Å². The van der Waals surface area contributed by atoms with Gasteiger partial charge >= 0.3 is 0 Å². The van der Waals surface area contributed by atoms with Crippen LogP contribution in [0.4, 0.5) is 4.39 Å². The molecule has 1 aliphatic rings. The van der Waals surface area contributed by atoms with E-state index in [0.717, 1.165) is 12.8 Å². The van der Waals surface area contributed by atoms with Gasteiger partial charge < -0.3 is 15.7 Å². The summed E-state index contributed by atoms with van der Waals surface area (Å²) in [6, 6.07) is 6.52. The van der Waals surface area contributed by atoms with Gasteiger partial charge in [-0.2, -0.15) is 0 Å². The van der Waals surface area contributed by atoms with Crippen LogP contribution in [0.15, 0.2) is 24.3 Å². The van der Waals surface area contributed by atoms with E-state index in [2.05, 4.69) is 10.6 Å². The molecule has 1 unspecified atom stereocenters. The minimum Gasteiger partial charge on any atom is -0.387 e. The van der Waals surface area contributed by atoms with Gasteiger partial charge in [0.15, 0.2) is 0 Å². The van der Waals surface area contributed by atoms with Crippen molar-refractivity contribution < 1.29 is 14.3 Å². The van der Waals surface area contributed by atoms with Gasteiger partial charge in [0.05, 0.1) is 6.10 Å². The molecule has 1 aromatic rings.